The maximum absolute atomic E-state index is 12.1. The van der Waals surface area contributed by atoms with E-state index in [-0.39, 0.29) is 12.3 Å². The predicted molar refractivity (Wildman–Crippen MR) is 93.9 cm³/mol. The van der Waals surface area contributed by atoms with Crippen molar-refractivity contribution in [2.24, 2.45) is 0 Å². The van der Waals surface area contributed by atoms with Crippen molar-refractivity contribution in [3.8, 4) is 10.6 Å². The fourth-order valence-electron chi connectivity index (χ4n) is 2.04. The fraction of sp³-hybridized carbons (Fsp3) is 0.118. The van der Waals surface area contributed by atoms with Gasteiger partial charge in [0.05, 0.1) is 6.42 Å². The van der Waals surface area contributed by atoms with Crippen LogP contribution < -0.4 is 5.32 Å². The molecule has 2 aromatic carbocycles. The van der Waals surface area contributed by atoms with Gasteiger partial charge < -0.3 is 5.32 Å². The van der Waals surface area contributed by atoms with Crippen LogP contribution in [0.25, 0.3) is 10.6 Å². The van der Waals surface area contributed by atoms with Gasteiger partial charge in [0.25, 0.3) is 0 Å². The molecule has 1 N–H and O–H groups in total. The van der Waals surface area contributed by atoms with Crippen LogP contribution in [0.5, 0.6) is 0 Å². The summed E-state index contributed by atoms with van der Waals surface area (Å²) in [5.41, 5.74) is 3.08. The molecule has 0 radical (unpaired) electrons. The van der Waals surface area contributed by atoms with Gasteiger partial charge in [-0.05, 0) is 24.6 Å². The third kappa shape index (κ3) is 4.15. The Morgan fingerprint density at radius 3 is 2.48 bits per heavy atom. The summed E-state index contributed by atoms with van der Waals surface area (Å²) in [5, 5.41) is 12.9. The van der Waals surface area contributed by atoms with Gasteiger partial charge in [-0.15, -0.1) is 10.2 Å². The third-order valence-corrected chi connectivity index (χ3v) is 4.39. The lowest BCUT2D eigenvalue weighted by atomic mass is 10.1. The van der Waals surface area contributed by atoms with Crippen molar-refractivity contribution >= 4 is 34.0 Å². The molecule has 0 atom stereocenters. The van der Waals surface area contributed by atoms with Crippen molar-refractivity contribution < 1.29 is 4.79 Å². The second kappa shape index (κ2) is 6.89. The summed E-state index contributed by atoms with van der Waals surface area (Å²) in [5.74, 6) is -0.126. The van der Waals surface area contributed by atoms with E-state index in [1.807, 2.05) is 43.3 Å². The lowest BCUT2D eigenvalue weighted by Gasteiger charge is -2.01. The number of carbonyl (C=O) groups is 1. The predicted octanol–water partition coefficient (Wildman–Crippen LogP) is 4.35. The Bertz CT molecular complexity index is 813. The van der Waals surface area contributed by atoms with E-state index < -0.39 is 0 Å². The van der Waals surface area contributed by atoms with Crippen LogP contribution in [0.1, 0.15) is 11.1 Å². The molecule has 23 heavy (non-hydrogen) atoms. The summed E-state index contributed by atoms with van der Waals surface area (Å²) >= 11 is 7.19. The summed E-state index contributed by atoms with van der Waals surface area (Å²) in [6.45, 7) is 2.03. The Morgan fingerprint density at radius 2 is 1.78 bits per heavy atom. The first-order chi connectivity index (χ1) is 11.1. The number of hydrogen-bond acceptors (Lipinski definition) is 4. The highest BCUT2D eigenvalue weighted by molar-refractivity contribution is 7.18. The van der Waals surface area contributed by atoms with E-state index in [0.717, 1.165) is 16.1 Å². The van der Waals surface area contributed by atoms with Gasteiger partial charge in [0.1, 0.15) is 5.01 Å². The second-order valence-electron chi connectivity index (χ2n) is 5.13. The molecule has 6 heteroatoms. The Labute approximate surface area is 143 Å². The number of nitrogens with zero attached hydrogens (tertiary/aromatic N) is 2. The lowest BCUT2D eigenvalue weighted by molar-refractivity contribution is -0.115. The number of benzene rings is 2. The largest absolute Gasteiger partial charge is 0.300 e. The molecule has 116 valence electrons. The minimum atomic E-state index is -0.126. The third-order valence-electron chi connectivity index (χ3n) is 3.25. The molecular weight excluding hydrogens is 330 g/mol. The summed E-state index contributed by atoms with van der Waals surface area (Å²) in [4.78, 5) is 12.1. The number of anilines is 1. The van der Waals surface area contributed by atoms with Gasteiger partial charge in [0, 0.05) is 10.6 Å². The van der Waals surface area contributed by atoms with Crippen molar-refractivity contribution in [3.63, 3.8) is 0 Å². The average molecular weight is 344 g/mol. The van der Waals surface area contributed by atoms with Gasteiger partial charge in [0.15, 0.2) is 0 Å². The highest BCUT2D eigenvalue weighted by Gasteiger charge is 2.10. The van der Waals surface area contributed by atoms with E-state index in [9.17, 15) is 4.79 Å². The standard InChI is InChI=1S/C17H14ClN3OS/c1-11-2-6-13(7-3-11)16-20-21-17(23-16)19-15(22)10-12-4-8-14(18)9-5-12/h2-9H,10H2,1H3,(H,19,21,22). The molecule has 0 fully saturated rings. The summed E-state index contributed by atoms with van der Waals surface area (Å²) in [7, 11) is 0. The normalized spacial score (nSPS) is 10.5. The van der Waals surface area contributed by atoms with E-state index in [0.29, 0.717) is 10.2 Å². The number of hydrogen-bond donors (Lipinski definition) is 1. The monoisotopic (exact) mass is 343 g/mol. The zero-order chi connectivity index (χ0) is 16.2. The number of amides is 1. The van der Waals surface area contributed by atoms with Crippen LogP contribution in [0.15, 0.2) is 48.5 Å². The van der Waals surface area contributed by atoms with Crippen molar-refractivity contribution in [1.82, 2.24) is 10.2 Å². The molecule has 0 unspecified atom stereocenters. The van der Waals surface area contributed by atoms with Gasteiger partial charge in [-0.3, -0.25) is 4.79 Å². The van der Waals surface area contributed by atoms with Crippen LogP contribution in [0.3, 0.4) is 0 Å². The molecular formula is C17H14ClN3OS. The van der Waals surface area contributed by atoms with Crippen molar-refractivity contribution in [2.75, 3.05) is 5.32 Å². The van der Waals surface area contributed by atoms with E-state index >= 15 is 0 Å². The Kier molecular flexibility index (Phi) is 4.69. The van der Waals surface area contributed by atoms with Gasteiger partial charge in [-0.25, -0.2) is 0 Å². The number of aryl methyl sites for hydroxylation is 1. The molecule has 0 saturated carbocycles. The Morgan fingerprint density at radius 1 is 1.09 bits per heavy atom. The highest BCUT2D eigenvalue weighted by atomic mass is 35.5. The molecule has 0 bridgehead atoms. The first-order valence-corrected chi connectivity index (χ1v) is 8.24. The van der Waals surface area contributed by atoms with Crippen molar-refractivity contribution in [2.45, 2.75) is 13.3 Å². The highest BCUT2D eigenvalue weighted by Crippen LogP contribution is 2.26. The number of carbonyl (C=O) groups excluding carboxylic acids is 1. The maximum atomic E-state index is 12.1. The molecule has 1 aromatic heterocycles. The van der Waals surface area contributed by atoms with Crippen LogP contribution in [-0.4, -0.2) is 16.1 Å². The topological polar surface area (TPSA) is 54.9 Å². The summed E-state index contributed by atoms with van der Waals surface area (Å²) < 4.78 is 0. The Hall–Kier alpha value is -2.24. The molecule has 0 spiro atoms. The minimum absolute atomic E-state index is 0.126. The average Bonchev–Trinajstić information content (AvgIpc) is 2.98. The SMILES string of the molecule is Cc1ccc(-c2nnc(NC(=O)Cc3ccc(Cl)cc3)s2)cc1. The summed E-state index contributed by atoms with van der Waals surface area (Å²) in [6, 6.07) is 15.2. The molecule has 0 saturated heterocycles. The maximum Gasteiger partial charge on any atom is 0.230 e. The smallest absolute Gasteiger partial charge is 0.230 e. The number of nitrogens with one attached hydrogen (secondary N) is 1. The van der Waals surface area contributed by atoms with E-state index in [1.54, 1.807) is 12.1 Å². The molecule has 0 aliphatic heterocycles. The van der Waals surface area contributed by atoms with Crippen LogP contribution in [0, 0.1) is 6.92 Å². The summed E-state index contributed by atoms with van der Waals surface area (Å²) in [6.07, 6.45) is 0.274. The lowest BCUT2D eigenvalue weighted by Crippen LogP contribution is -2.14. The number of aromatic nitrogens is 2. The molecule has 1 heterocycles. The number of rotatable bonds is 4. The van der Waals surface area contributed by atoms with Crippen LogP contribution in [0.2, 0.25) is 5.02 Å². The zero-order valence-corrected chi connectivity index (χ0v) is 14.0. The van der Waals surface area contributed by atoms with Crippen molar-refractivity contribution in [1.29, 1.82) is 0 Å². The van der Waals surface area contributed by atoms with E-state index in [4.69, 9.17) is 11.6 Å². The van der Waals surface area contributed by atoms with E-state index in [1.165, 1.54) is 16.9 Å². The zero-order valence-electron chi connectivity index (χ0n) is 12.4. The minimum Gasteiger partial charge on any atom is -0.300 e. The van der Waals surface area contributed by atoms with Gasteiger partial charge in [-0.1, -0.05) is 64.9 Å². The second-order valence-corrected chi connectivity index (χ2v) is 6.54. The van der Waals surface area contributed by atoms with Crippen molar-refractivity contribution in [3.05, 3.63) is 64.7 Å². The first kappa shape index (κ1) is 15.6. The molecule has 0 aliphatic rings. The molecule has 4 nitrogen and oxygen atoms in total. The quantitative estimate of drug-likeness (QED) is 0.766. The molecule has 3 rings (SSSR count). The first-order valence-electron chi connectivity index (χ1n) is 7.05. The molecule has 1 amide bonds. The van der Waals surface area contributed by atoms with Crippen LogP contribution in [-0.2, 0) is 11.2 Å². The Balaban J connectivity index is 1.65. The van der Waals surface area contributed by atoms with Crippen LogP contribution in [0.4, 0.5) is 5.13 Å². The number of halogens is 1. The fourth-order valence-corrected chi connectivity index (χ4v) is 2.93. The molecule has 3 aromatic rings. The van der Waals surface area contributed by atoms with Crippen LogP contribution >= 0.6 is 22.9 Å². The molecule has 0 aliphatic carbocycles. The van der Waals surface area contributed by atoms with E-state index in [2.05, 4.69) is 15.5 Å². The van der Waals surface area contributed by atoms with Gasteiger partial charge in [0.2, 0.25) is 11.0 Å². The van der Waals surface area contributed by atoms with Gasteiger partial charge >= 0.3 is 0 Å². The van der Waals surface area contributed by atoms with Gasteiger partial charge in [-0.2, -0.15) is 0 Å².